The largest absolute Gasteiger partial charge is 0.235 e. The quantitative estimate of drug-likeness (QED) is 0.239. The molecule has 11 heavy (non-hydrogen) atoms. The molecule has 1 atom stereocenters. The van der Waals surface area contributed by atoms with Gasteiger partial charge in [-0.15, -0.1) is 0 Å². The van der Waals surface area contributed by atoms with Crippen molar-refractivity contribution in [1.82, 2.24) is 0 Å². The van der Waals surface area contributed by atoms with E-state index in [0.717, 1.165) is 10.8 Å². The standard InChI is InChI=1S/C8H14INO/c1-2-3-4-5-8(6-9)10-7-11/h8H,2-6H2,1H3. The average Bonchev–Trinajstić information content (AvgIpc) is 2.03. The number of nitrogens with zero attached hydrogens (tertiary/aromatic N) is 1. The van der Waals surface area contributed by atoms with Gasteiger partial charge in [-0.05, 0) is 6.42 Å². The molecule has 2 nitrogen and oxygen atoms in total. The zero-order valence-corrected chi connectivity index (χ0v) is 9.00. The zero-order chi connectivity index (χ0) is 8.53. The lowest BCUT2D eigenvalue weighted by Gasteiger charge is -2.04. The molecule has 1 unspecified atom stereocenters. The monoisotopic (exact) mass is 267 g/mol. The second-order valence-corrected chi connectivity index (χ2v) is 3.41. The second kappa shape index (κ2) is 8.21. The van der Waals surface area contributed by atoms with E-state index < -0.39 is 0 Å². The molecule has 0 bridgehead atoms. The third-order valence-corrected chi connectivity index (χ3v) is 2.57. The van der Waals surface area contributed by atoms with Crippen LogP contribution in [-0.4, -0.2) is 16.5 Å². The van der Waals surface area contributed by atoms with Gasteiger partial charge in [-0.1, -0.05) is 48.8 Å². The molecule has 0 aromatic carbocycles. The number of hydrogen-bond acceptors (Lipinski definition) is 2. The molecular weight excluding hydrogens is 253 g/mol. The maximum absolute atomic E-state index is 9.91. The lowest BCUT2D eigenvalue weighted by molar-refractivity contribution is 0.550. The molecule has 0 saturated carbocycles. The summed E-state index contributed by atoms with van der Waals surface area (Å²) in [5.74, 6) is 0. The highest BCUT2D eigenvalue weighted by Crippen LogP contribution is 2.08. The molecule has 0 N–H and O–H groups in total. The minimum Gasteiger partial charge on any atom is -0.211 e. The highest BCUT2D eigenvalue weighted by atomic mass is 127. The van der Waals surface area contributed by atoms with Crippen LogP contribution in [0.4, 0.5) is 0 Å². The Morgan fingerprint density at radius 1 is 1.55 bits per heavy atom. The first-order valence-corrected chi connectivity index (χ1v) is 5.50. The summed E-state index contributed by atoms with van der Waals surface area (Å²) in [6.07, 6.45) is 6.28. The SMILES string of the molecule is CCCCCC(CI)N=C=O. The van der Waals surface area contributed by atoms with E-state index in [1.54, 1.807) is 6.08 Å². The van der Waals surface area contributed by atoms with E-state index >= 15 is 0 Å². The lowest BCUT2D eigenvalue weighted by Crippen LogP contribution is -2.04. The van der Waals surface area contributed by atoms with Gasteiger partial charge < -0.3 is 0 Å². The Hall–Kier alpha value is 0.110. The van der Waals surface area contributed by atoms with E-state index in [0.29, 0.717) is 0 Å². The van der Waals surface area contributed by atoms with E-state index in [1.807, 2.05) is 0 Å². The van der Waals surface area contributed by atoms with Crippen LogP contribution in [0.1, 0.15) is 32.6 Å². The fraction of sp³-hybridized carbons (Fsp3) is 0.875. The Bertz CT molecular complexity index is 132. The third-order valence-electron chi connectivity index (χ3n) is 1.55. The average molecular weight is 267 g/mol. The lowest BCUT2D eigenvalue weighted by atomic mass is 10.1. The van der Waals surface area contributed by atoms with Crippen molar-refractivity contribution in [3.8, 4) is 0 Å². The number of unbranched alkanes of at least 4 members (excludes halogenated alkanes) is 2. The first-order valence-electron chi connectivity index (χ1n) is 3.98. The number of isocyanates is 1. The third kappa shape index (κ3) is 6.51. The number of rotatable bonds is 6. The van der Waals surface area contributed by atoms with Crippen LogP contribution in [0.5, 0.6) is 0 Å². The number of halogens is 1. The molecule has 0 aliphatic heterocycles. The molecule has 0 aromatic rings. The zero-order valence-electron chi connectivity index (χ0n) is 6.85. The Kier molecular flexibility index (Phi) is 8.29. The summed E-state index contributed by atoms with van der Waals surface area (Å²) in [6.45, 7) is 2.17. The summed E-state index contributed by atoms with van der Waals surface area (Å²) in [7, 11) is 0. The first kappa shape index (κ1) is 11.1. The predicted molar refractivity (Wildman–Crippen MR) is 54.9 cm³/mol. The van der Waals surface area contributed by atoms with Crippen molar-refractivity contribution in [2.75, 3.05) is 4.43 Å². The van der Waals surface area contributed by atoms with Gasteiger partial charge in [-0.2, -0.15) is 0 Å². The summed E-state index contributed by atoms with van der Waals surface area (Å²) in [6, 6.07) is 0.208. The second-order valence-electron chi connectivity index (χ2n) is 2.52. The Balaban J connectivity index is 3.43. The number of hydrogen-bond donors (Lipinski definition) is 0. The molecule has 0 aromatic heterocycles. The minimum absolute atomic E-state index is 0.208. The van der Waals surface area contributed by atoms with E-state index in [9.17, 15) is 4.79 Å². The molecule has 0 aliphatic carbocycles. The van der Waals surface area contributed by atoms with Gasteiger partial charge in [0, 0.05) is 4.43 Å². The van der Waals surface area contributed by atoms with Crippen molar-refractivity contribution in [1.29, 1.82) is 0 Å². The summed E-state index contributed by atoms with van der Waals surface area (Å²) in [5, 5.41) is 0. The van der Waals surface area contributed by atoms with Crippen molar-refractivity contribution < 1.29 is 4.79 Å². The van der Waals surface area contributed by atoms with Crippen LogP contribution in [0, 0.1) is 0 Å². The highest BCUT2D eigenvalue weighted by Gasteiger charge is 2.02. The molecule has 0 aliphatic rings. The number of carbonyl (C=O) groups excluding carboxylic acids is 1. The normalized spacial score (nSPS) is 12.2. The minimum atomic E-state index is 0.208. The topological polar surface area (TPSA) is 29.4 Å². The van der Waals surface area contributed by atoms with Crippen LogP contribution >= 0.6 is 22.6 Å². The summed E-state index contributed by atoms with van der Waals surface area (Å²) in [4.78, 5) is 13.6. The Labute approximate surface area is 81.6 Å². The Morgan fingerprint density at radius 3 is 2.73 bits per heavy atom. The summed E-state index contributed by atoms with van der Waals surface area (Å²) < 4.78 is 0.927. The van der Waals surface area contributed by atoms with Gasteiger partial charge in [0.25, 0.3) is 0 Å². The van der Waals surface area contributed by atoms with E-state index in [2.05, 4.69) is 34.5 Å². The van der Waals surface area contributed by atoms with Crippen molar-refractivity contribution in [3.63, 3.8) is 0 Å². The van der Waals surface area contributed by atoms with Gasteiger partial charge in [-0.25, -0.2) is 9.79 Å². The molecule has 0 amide bonds. The van der Waals surface area contributed by atoms with Gasteiger partial charge in [0.2, 0.25) is 6.08 Å². The van der Waals surface area contributed by atoms with E-state index in [-0.39, 0.29) is 6.04 Å². The molecular formula is C8H14INO. The molecule has 0 spiro atoms. The van der Waals surface area contributed by atoms with Crippen LogP contribution in [0.25, 0.3) is 0 Å². The summed E-state index contributed by atoms with van der Waals surface area (Å²) in [5.41, 5.74) is 0. The maximum Gasteiger partial charge on any atom is 0.235 e. The number of aliphatic imine (C=N–C) groups is 1. The molecule has 64 valence electrons. The fourth-order valence-electron chi connectivity index (χ4n) is 0.881. The van der Waals surface area contributed by atoms with Gasteiger partial charge >= 0.3 is 0 Å². The molecule has 0 radical (unpaired) electrons. The van der Waals surface area contributed by atoms with Gasteiger partial charge in [0.1, 0.15) is 0 Å². The van der Waals surface area contributed by atoms with Gasteiger partial charge in [-0.3, -0.25) is 0 Å². The summed E-state index contributed by atoms with van der Waals surface area (Å²) >= 11 is 2.25. The van der Waals surface area contributed by atoms with Gasteiger partial charge in [0.15, 0.2) is 0 Å². The number of alkyl halides is 1. The highest BCUT2D eigenvalue weighted by molar-refractivity contribution is 14.1. The van der Waals surface area contributed by atoms with Crippen LogP contribution in [0.2, 0.25) is 0 Å². The van der Waals surface area contributed by atoms with Crippen molar-refractivity contribution in [3.05, 3.63) is 0 Å². The molecule has 0 heterocycles. The predicted octanol–water partition coefficient (Wildman–Crippen LogP) is 2.71. The van der Waals surface area contributed by atoms with E-state index in [1.165, 1.54) is 19.3 Å². The van der Waals surface area contributed by atoms with E-state index in [4.69, 9.17) is 0 Å². The van der Waals surface area contributed by atoms with Crippen LogP contribution < -0.4 is 0 Å². The molecule has 3 heteroatoms. The van der Waals surface area contributed by atoms with Crippen LogP contribution in [0.3, 0.4) is 0 Å². The van der Waals surface area contributed by atoms with Crippen molar-refractivity contribution in [2.45, 2.75) is 38.6 Å². The fourth-order valence-corrected chi connectivity index (χ4v) is 1.52. The van der Waals surface area contributed by atoms with Crippen LogP contribution in [-0.2, 0) is 4.79 Å². The first-order chi connectivity index (χ1) is 5.35. The van der Waals surface area contributed by atoms with Crippen molar-refractivity contribution in [2.24, 2.45) is 4.99 Å². The van der Waals surface area contributed by atoms with Gasteiger partial charge in [0.05, 0.1) is 6.04 Å². The smallest absolute Gasteiger partial charge is 0.211 e. The maximum atomic E-state index is 9.91. The van der Waals surface area contributed by atoms with Crippen LogP contribution in [0.15, 0.2) is 4.99 Å². The molecule has 0 rings (SSSR count). The van der Waals surface area contributed by atoms with Crippen molar-refractivity contribution >= 4 is 28.7 Å². The molecule has 0 saturated heterocycles. The molecule has 0 fully saturated rings. The Morgan fingerprint density at radius 2 is 2.27 bits per heavy atom.